The lowest BCUT2D eigenvalue weighted by molar-refractivity contribution is -0.115. The van der Waals surface area contributed by atoms with E-state index in [1.165, 1.54) is 35.6 Å². The van der Waals surface area contributed by atoms with Gasteiger partial charge in [0.1, 0.15) is 5.82 Å². The van der Waals surface area contributed by atoms with Gasteiger partial charge in [-0.15, -0.1) is 11.3 Å². The Morgan fingerprint density at radius 2 is 1.85 bits per heavy atom. The third-order valence-corrected chi connectivity index (χ3v) is 3.50. The van der Waals surface area contributed by atoms with E-state index in [9.17, 15) is 14.0 Å². The predicted octanol–water partition coefficient (Wildman–Crippen LogP) is 2.56. The van der Waals surface area contributed by atoms with Crippen molar-refractivity contribution in [2.45, 2.75) is 6.92 Å². The number of benzene rings is 1. The van der Waals surface area contributed by atoms with Gasteiger partial charge in [-0.2, -0.15) is 0 Å². The smallest absolute Gasteiger partial charge is 0.261 e. The van der Waals surface area contributed by atoms with Crippen LogP contribution in [0.15, 0.2) is 36.4 Å². The third-order valence-electron chi connectivity index (χ3n) is 2.50. The quantitative estimate of drug-likeness (QED) is 0.910. The maximum atomic E-state index is 12.7. The van der Waals surface area contributed by atoms with E-state index in [-0.39, 0.29) is 24.2 Å². The number of halogens is 1. The van der Waals surface area contributed by atoms with E-state index in [0.29, 0.717) is 10.6 Å². The van der Waals surface area contributed by atoms with Crippen molar-refractivity contribution >= 4 is 28.8 Å². The van der Waals surface area contributed by atoms with Gasteiger partial charge in [0.2, 0.25) is 5.91 Å². The van der Waals surface area contributed by atoms with Crippen LogP contribution in [0.3, 0.4) is 0 Å². The molecule has 2 N–H and O–H groups in total. The summed E-state index contributed by atoms with van der Waals surface area (Å²) in [5.74, 6) is -1.01. The Bertz CT molecular complexity index is 622. The summed E-state index contributed by atoms with van der Waals surface area (Å²) in [4.78, 5) is 25.0. The van der Waals surface area contributed by atoms with Gasteiger partial charge >= 0.3 is 0 Å². The summed E-state index contributed by atoms with van der Waals surface area (Å²) in [6, 6.07) is 8.98. The summed E-state index contributed by atoms with van der Waals surface area (Å²) in [6.07, 6.45) is 0. The summed E-state index contributed by atoms with van der Waals surface area (Å²) in [6.45, 7) is 1.77. The van der Waals surface area contributed by atoms with Crippen molar-refractivity contribution < 1.29 is 14.0 Å². The fraction of sp³-hybridized carbons (Fsp3) is 0.143. The second-order valence-electron chi connectivity index (χ2n) is 4.15. The molecule has 1 aromatic heterocycles. The molecule has 0 spiro atoms. The molecule has 0 aliphatic rings. The van der Waals surface area contributed by atoms with Gasteiger partial charge in [-0.1, -0.05) is 0 Å². The van der Waals surface area contributed by atoms with E-state index in [0.717, 1.165) is 4.88 Å². The van der Waals surface area contributed by atoms with Crippen molar-refractivity contribution in [2.24, 2.45) is 0 Å². The van der Waals surface area contributed by atoms with Gasteiger partial charge in [-0.25, -0.2) is 4.39 Å². The second kappa shape index (κ2) is 6.29. The first-order chi connectivity index (χ1) is 9.54. The highest BCUT2D eigenvalue weighted by Crippen LogP contribution is 2.14. The highest BCUT2D eigenvalue weighted by atomic mass is 32.1. The Hall–Kier alpha value is -2.21. The van der Waals surface area contributed by atoms with Gasteiger partial charge in [-0.3, -0.25) is 9.59 Å². The Morgan fingerprint density at radius 1 is 1.15 bits per heavy atom. The van der Waals surface area contributed by atoms with Gasteiger partial charge < -0.3 is 10.6 Å². The number of amides is 2. The van der Waals surface area contributed by atoms with E-state index >= 15 is 0 Å². The first-order valence-corrected chi connectivity index (χ1v) is 6.76. The lowest BCUT2D eigenvalue weighted by atomic mass is 10.3. The molecule has 1 heterocycles. The van der Waals surface area contributed by atoms with Crippen LogP contribution in [0.1, 0.15) is 14.5 Å². The topological polar surface area (TPSA) is 58.2 Å². The van der Waals surface area contributed by atoms with Crippen LogP contribution >= 0.6 is 11.3 Å². The molecule has 4 nitrogen and oxygen atoms in total. The zero-order chi connectivity index (χ0) is 14.5. The molecule has 2 rings (SSSR count). The Kier molecular flexibility index (Phi) is 4.47. The van der Waals surface area contributed by atoms with Crippen LogP contribution in [0, 0.1) is 12.7 Å². The number of nitrogens with one attached hydrogen (secondary N) is 2. The highest BCUT2D eigenvalue weighted by molar-refractivity contribution is 7.13. The SMILES string of the molecule is Cc1ccc(C(=O)NCC(=O)Nc2ccc(F)cc2)s1. The first kappa shape index (κ1) is 14.2. The number of thiophene rings is 1. The number of hydrogen-bond acceptors (Lipinski definition) is 3. The minimum Gasteiger partial charge on any atom is -0.342 e. The van der Waals surface area contributed by atoms with Gasteiger partial charge in [-0.05, 0) is 43.3 Å². The van der Waals surface area contributed by atoms with Crippen molar-refractivity contribution in [2.75, 3.05) is 11.9 Å². The van der Waals surface area contributed by atoms with Crippen LogP contribution in [0.25, 0.3) is 0 Å². The van der Waals surface area contributed by atoms with Gasteiger partial charge in [0.25, 0.3) is 5.91 Å². The highest BCUT2D eigenvalue weighted by Gasteiger charge is 2.09. The molecule has 104 valence electrons. The molecule has 0 unspecified atom stereocenters. The van der Waals surface area contributed by atoms with Crippen LogP contribution in [0.5, 0.6) is 0 Å². The van der Waals surface area contributed by atoms with Crippen LogP contribution in [-0.4, -0.2) is 18.4 Å². The molecular weight excluding hydrogens is 279 g/mol. The average molecular weight is 292 g/mol. The van der Waals surface area contributed by atoms with Gasteiger partial charge in [0, 0.05) is 10.6 Å². The Morgan fingerprint density at radius 3 is 2.45 bits per heavy atom. The van der Waals surface area contributed by atoms with E-state index in [1.54, 1.807) is 6.07 Å². The number of carbonyl (C=O) groups is 2. The maximum Gasteiger partial charge on any atom is 0.261 e. The first-order valence-electron chi connectivity index (χ1n) is 5.94. The molecule has 0 bridgehead atoms. The van der Waals surface area contributed by atoms with Crippen molar-refractivity contribution in [1.82, 2.24) is 5.32 Å². The number of anilines is 1. The van der Waals surface area contributed by atoms with E-state index in [1.807, 2.05) is 13.0 Å². The lowest BCUT2D eigenvalue weighted by Gasteiger charge is -2.06. The molecule has 0 fully saturated rings. The molecule has 0 radical (unpaired) electrons. The number of aryl methyl sites for hydroxylation is 1. The van der Waals surface area contributed by atoms with Crippen LogP contribution in [0.2, 0.25) is 0 Å². The molecule has 20 heavy (non-hydrogen) atoms. The molecule has 0 atom stereocenters. The number of rotatable bonds is 4. The van der Waals surface area contributed by atoms with Crippen molar-refractivity contribution in [3.05, 3.63) is 52.0 Å². The van der Waals surface area contributed by atoms with Crippen LogP contribution in [0.4, 0.5) is 10.1 Å². The van der Waals surface area contributed by atoms with E-state index in [2.05, 4.69) is 10.6 Å². The average Bonchev–Trinajstić information content (AvgIpc) is 2.85. The third kappa shape index (κ3) is 3.89. The molecule has 0 aliphatic carbocycles. The summed E-state index contributed by atoms with van der Waals surface area (Å²) in [5.41, 5.74) is 0.484. The van der Waals surface area contributed by atoms with E-state index in [4.69, 9.17) is 0 Å². The molecule has 2 aromatic rings. The summed E-state index contributed by atoms with van der Waals surface area (Å²) >= 11 is 1.37. The molecule has 1 aromatic carbocycles. The normalized spacial score (nSPS) is 10.1. The Labute approximate surface area is 119 Å². The fourth-order valence-electron chi connectivity index (χ4n) is 1.54. The van der Waals surface area contributed by atoms with Crippen molar-refractivity contribution in [3.63, 3.8) is 0 Å². The molecule has 6 heteroatoms. The predicted molar refractivity (Wildman–Crippen MR) is 76.4 cm³/mol. The van der Waals surface area contributed by atoms with Crippen LogP contribution < -0.4 is 10.6 Å². The molecular formula is C14H13FN2O2S. The lowest BCUT2D eigenvalue weighted by Crippen LogP contribution is -2.32. The molecule has 0 aliphatic heterocycles. The van der Waals surface area contributed by atoms with Crippen molar-refractivity contribution in [3.8, 4) is 0 Å². The van der Waals surface area contributed by atoms with Crippen molar-refractivity contribution in [1.29, 1.82) is 0 Å². The molecule has 2 amide bonds. The van der Waals surface area contributed by atoms with Gasteiger partial charge in [0.15, 0.2) is 0 Å². The summed E-state index contributed by atoms with van der Waals surface area (Å²) < 4.78 is 12.7. The van der Waals surface area contributed by atoms with Gasteiger partial charge in [0.05, 0.1) is 11.4 Å². The standard InChI is InChI=1S/C14H13FN2O2S/c1-9-2-7-12(20-9)14(19)16-8-13(18)17-11-5-3-10(15)4-6-11/h2-7H,8H2,1H3,(H,16,19)(H,17,18). The number of hydrogen-bond donors (Lipinski definition) is 2. The van der Waals surface area contributed by atoms with Crippen LogP contribution in [-0.2, 0) is 4.79 Å². The zero-order valence-electron chi connectivity index (χ0n) is 10.8. The molecule has 0 saturated carbocycles. The largest absolute Gasteiger partial charge is 0.342 e. The fourth-order valence-corrected chi connectivity index (χ4v) is 2.33. The Balaban J connectivity index is 1.83. The molecule has 0 saturated heterocycles. The number of carbonyl (C=O) groups excluding carboxylic acids is 2. The second-order valence-corrected chi connectivity index (χ2v) is 5.44. The maximum absolute atomic E-state index is 12.7. The minimum absolute atomic E-state index is 0.132. The van der Waals surface area contributed by atoms with E-state index < -0.39 is 0 Å². The monoisotopic (exact) mass is 292 g/mol. The minimum atomic E-state index is -0.371. The zero-order valence-corrected chi connectivity index (χ0v) is 11.6. The summed E-state index contributed by atoms with van der Waals surface area (Å²) in [7, 11) is 0. The summed E-state index contributed by atoms with van der Waals surface area (Å²) in [5, 5.41) is 5.09.